The van der Waals surface area contributed by atoms with E-state index in [1.165, 1.54) is 0 Å². The predicted octanol–water partition coefficient (Wildman–Crippen LogP) is 1.12. The zero-order chi connectivity index (χ0) is 21.5. The van der Waals surface area contributed by atoms with E-state index in [2.05, 4.69) is 20.4 Å². The van der Waals surface area contributed by atoms with Crippen molar-refractivity contribution in [2.24, 2.45) is 4.99 Å². The van der Waals surface area contributed by atoms with Gasteiger partial charge in [0.25, 0.3) is 0 Å². The fourth-order valence-corrected chi connectivity index (χ4v) is 3.32. The molecule has 4 aromatic rings. The van der Waals surface area contributed by atoms with Gasteiger partial charge in [-0.3, -0.25) is 9.98 Å². The van der Waals surface area contributed by atoms with Crippen molar-refractivity contribution in [3.8, 4) is 11.6 Å². The van der Waals surface area contributed by atoms with Crippen LogP contribution >= 0.6 is 0 Å². The maximum absolute atomic E-state index is 11.5. The molecule has 0 spiro atoms. The van der Waals surface area contributed by atoms with Crippen LogP contribution in [0.5, 0.6) is 11.6 Å². The molecule has 3 aromatic heterocycles. The summed E-state index contributed by atoms with van der Waals surface area (Å²) in [6.45, 7) is 2.00. The molecular weight excluding hydrogens is 398 g/mol. The van der Waals surface area contributed by atoms with Crippen LogP contribution in [0, 0.1) is 6.92 Å². The largest absolute Gasteiger partial charge is 0.495 e. The lowest BCUT2D eigenvalue weighted by Gasteiger charge is -2.11. The van der Waals surface area contributed by atoms with Gasteiger partial charge in [0.1, 0.15) is 17.3 Å². The molecule has 4 N–H and O–H groups in total. The molecule has 0 unspecified atom stereocenters. The Morgan fingerprint density at radius 3 is 2.87 bits per heavy atom. The van der Waals surface area contributed by atoms with Crippen LogP contribution in [-0.2, 0) is 0 Å². The van der Waals surface area contributed by atoms with Gasteiger partial charge < -0.3 is 20.1 Å². The van der Waals surface area contributed by atoms with Gasteiger partial charge in [-0.15, -0.1) is 0 Å². The van der Waals surface area contributed by atoms with Gasteiger partial charge in [0, 0.05) is 11.3 Å². The second kappa shape index (κ2) is 7.31. The Kier molecular flexibility index (Phi) is 4.46. The molecule has 1 fully saturated rings. The summed E-state index contributed by atoms with van der Waals surface area (Å²) in [6, 6.07) is 7.99. The Hall–Kier alpha value is -4.08. The summed E-state index contributed by atoms with van der Waals surface area (Å²) in [5, 5.41) is 18.3. The molecule has 0 aliphatic heterocycles. The Balaban J connectivity index is 1.69. The number of aromatic nitrogens is 5. The number of hydrogen-bond donors (Lipinski definition) is 4. The fourth-order valence-electron chi connectivity index (χ4n) is 3.32. The maximum Gasteiger partial charge on any atom is 0.326 e. The highest BCUT2D eigenvalue weighted by Gasteiger charge is 2.20. The molecule has 0 atom stereocenters. The SMILES string of the molecule is COc1ccc(C)cc1Nc1cc(=NC2CC2)n2ncc(=Cc3[nH]c(=O)[nH]c3O)c2n1. The van der Waals surface area contributed by atoms with Gasteiger partial charge in [0.05, 0.1) is 25.0 Å². The van der Waals surface area contributed by atoms with E-state index in [1.807, 2.05) is 31.2 Å². The maximum atomic E-state index is 11.5. The zero-order valence-electron chi connectivity index (χ0n) is 17.0. The number of aryl methyl sites for hydroxylation is 1. The first kappa shape index (κ1) is 18.9. The topological polar surface area (TPSA) is 133 Å². The molecule has 31 heavy (non-hydrogen) atoms. The van der Waals surface area contributed by atoms with Crippen molar-refractivity contribution in [1.82, 2.24) is 24.6 Å². The lowest BCUT2D eigenvalue weighted by molar-refractivity contribution is 0.416. The Morgan fingerprint density at radius 1 is 1.32 bits per heavy atom. The molecule has 0 saturated heterocycles. The number of H-pyrrole nitrogens is 2. The number of anilines is 2. The molecule has 158 valence electrons. The fraction of sp³-hybridized carbons (Fsp3) is 0.238. The van der Waals surface area contributed by atoms with Crippen LogP contribution in [0.15, 0.2) is 40.2 Å². The molecular formula is C21H21N7O3. The van der Waals surface area contributed by atoms with Gasteiger partial charge >= 0.3 is 5.69 Å². The van der Waals surface area contributed by atoms with E-state index in [-0.39, 0.29) is 17.6 Å². The normalized spacial score (nSPS) is 15.0. The highest BCUT2D eigenvalue weighted by Crippen LogP contribution is 2.28. The van der Waals surface area contributed by atoms with Gasteiger partial charge in [-0.05, 0) is 43.5 Å². The second-order valence-corrected chi connectivity index (χ2v) is 7.51. The van der Waals surface area contributed by atoms with Crippen LogP contribution < -0.4 is 26.4 Å². The minimum Gasteiger partial charge on any atom is -0.495 e. The summed E-state index contributed by atoms with van der Waals surface area (Å²) in [6.07, 6.45) is 5.34. The summed E-state index contributed by atoms with van der Waals surface area (Å²) in [5.41, 5.74) is 2.84. The molecule has 0 radical (unpaired) electrons. The standard InChI is InChI=1S/C21H21N7O3/c1-11-3-6-16(31-2)14(7-11)24-17-9-18(23-13-4-5-13)28-19(26-17)12(10-22-28)8-15-20(29)27-21(30)25-15/h3,6-10,13,24,29H,4-5H2,1-2H3,(H2,25,27,30). The molecule has 0 bridgehead atoms. The van der Waals surface area contributed by atoms with Crippen LogP contribution in [-0.4, -0.2) is 42.8 Å². The number of nitrogens with zero attached hydrogens (tertiary/aromatic N) is 4. The highest BCUT2D eigenvalue weighted by molar-refractivity contribution is 5.66. The lowest BCUT2D eigenvalue weighted by Crippen LogP contribution is -2.20. The van der Waals surface area contributed by atoms with Crippen LogP contribution in [0.4, 0.5) is 11.5 Å². The summed E-state index contributed by atoms with van der Waals surface area (Å²) in [7, 11) is 1.62. The zero-order valence-corrected chi connectivity index (χ0v) is 17.0. The van der Waals surface area contributed by atoms with E-state index >= 15 is 0 Å². The summed E-state index contributed by atoms with van der Waals surface area (Å²) in [5.74, 6) is 1.03. The number of nitrogens with one attached hydrogen (secondary N) is 3. The summed E-state index contributed by atoms with van der Waals surface area (Å²) in [4.78, 5) is 25.8. The number of hydrogen-bond acceptors (Lipinski definition) is 7. The van der Waals surface area contributed by atoms with E-state index in [0.29, 0.717) is 27.9 Å². The lowest BCUT2D eigenvalue weighted by atomic mass is 10.2. The average molecular weight is 419 g/mol. The van der Waals surface area contributed by atoms with E-state index in [0.717, 1.165) is 24.1 Å². The molecule has 5 rings (SSSR count). The third-order valence-corrected chi connectivity index (χ3v) is 4.99. The van der Waals surface area contributed by atoms with Crippen molar-refractivity contribution in [2.45, 2.75) is 25.8 Å². The van der Waals surface area contributed by atoms with E-state index < -0.39 is 5.69 Å². The molecule has 1 aliphatic rings. The van der Waals surface area contributed by atoms with Gasteiger partial charge in [-0.2, -0.15) is 9.61 Å². The van der Waals surface area contributed by atoms with Crippen LogP contribution in [0.1, 0.15) is 24.1 Å². The van der Waals surface area contributed by atoms with Gasteiger partial charge in [0.2, 0.25) is 5.88 Å². The number of benzene rings is 1. The first-order valence-electron chi connectivity index (χ1n) is 9.87. The quantitative estimate of drug-likeness (QED) is 0.383. The average Bonchev–Trinajstić information content (AvgIpc) is 3.37. The number of imidazole rings is 1. The minimum atomic E-state index is -0.494. The van der Waals surface area contributed by atoms with Crippen LogP contribution in [0.3, 0.4) is 0 Å². The van der Waals surface area contributed by atoms with Crippen molar-refractivity contribution in [3.05, 3.63) is 62.9 Å². The third-order valence-electron chi connectivity index (χ3n) is 4.99. The number of aromatic hydroxyl groups is 1. The Morgan fingerprint density at radius 2 is 2.16 bits per heavy atom. The van der Waals surface area contributed by atoms with E-state index in [1.54, 1.807) is 23.9 Å². The van der Waals surface area contributed by atoms with Crippen LogP contribution in [0.2, 0.25) is 0 Å². The molecule has 1 saturated carbocycles. The number of methoxy groups -OCH3 is 1. The van der Waals surface area contributed by atoms with Gasteiger partial charge in [-0.1, -0.05) is 6.07 Å². The molecule has 1 aromatic carbocycles. The van der Waals surface area contributed by atoms with Crippen molar-refractivity contribution in [3.63, 3.8) is 0 Å². The van der Waals surface area contributed by atoms with Gasteiger partial charge in [-0.25, -0.2) is 9.78 Å². The number of rotatable bonds is 5. The Bertz CT molecular complexity index is 1460. The van der Waals surface area contributed by atoms with Crippen molar-refractivity contribution < 1.29 is 9.84 Å². The van der Waals surface area contributed by atoms with E-state index in [4.69, 9.17) is 14.7 Å². The molecule has 1 aliphatic carbocycles. The molecule has 3 heterocycles. The molecule has 0 amide bonds. The number of aromatic amines is 2. The van der Waals surface area contributed by atoms with Crippen molar-refractivity contribution in [2.75, 3.05) is 12.4 Å². The van der Waals surface area contributed by atoms with Crippen molar-refractivity contribution in [1.29, 1.82) is 0 Å². The van der Waals surface area contributed by atoms with Gasteiger partial charge in [0.15, 0.2) is 11.1 Å². The Labute approximate surface area is 176 Å². The number of fused-ring (bicyclic) bond motifs is 1. The second-order valence-electron chi connectivity index (χ2n) is 7.51. The smallest absolute Gasteiger partial charge is 0.326 e. The summed E-state index contributed by atoms with van der Waals surface area (Å²) < 4.78 is 7.12. The van der Waals surface area contributed by atoms with Crippen LogP contribution in [0.25, 0.3) is 11.7 Å². The molecule has 10 heteroatoms. The minimum absolute atomic E-state index is 0.244. The summed E-state index contributed by atoms with van der Waals surface area (Å²) >= 11 is 0. The molecule has 10 nitrogen and oxygen atoms in total. The third kappa shape index (κ3) is 3.75. The van der Waals surface area contributed by atoms with Crippen molar-refractivity contribution >= 4 is 23.2 Å². The monoisotopic (exact) mass is 419 g/mol. The predicted molar refractivity (Wildman–Crippen MR) is 114 cm³/mol. The number of ether oxygens (including phenoxy) is 1. The van der Waals surface area contributed by atoms with E-state index in [9.17, 15) is 9.90 Å². The highest BCUT2D eigenvalue weighted by atomic mass is 16.5. The first-order valence-corrected chi connectivity index (χ1v) is 9.87. The first-order chi connectivity index (χ1) is 15.0.